The minimum absolute atomic E-state index is 0.111. The number of nitrogens with zero attached hydrogens (tertiary/aromatic N) is 1. The fourth-order valence-corrected chi connectivity index (χ4v) is 2.74. The molecule has 98 valence electrons. The predicted molar refractivity (Wildman–Crippen MR) is 73.4 cm³/mol. The number of hydrogen-bond acceptors (Lipinski definition) is 2. The molecule has 2 atom stereocenters. The number of halogens is 1. The molecule has 3 nitrogen and oxygen atoms in total. The van der Waals surface area contributed by atoms with Gasteiger partial charge in [-0.15, -0.1) is 0 Å². The van der Waals surface area contributed by atoms with Crippen LogP contribution in [0.3, 0.4) is 0 Å². The Balaban J connectivity index is 2.23. The molecule has 2 N–H and O–H groups in total. The smallest absolute Gasteiger partial charge is 0.227 e. The molecule has 0 aliphatic carbocycles. The molecule has 2 unspecified atom stereocenters. The van der Waals surface area contributed by atoms with Crippen LogP contribution in [0.5, 0.6) is 0 Å². The maximum absolute atomic E-state index is 12.3. The maximum Gasteiger partial charge on any atom is 0.227 e. The number of likely N-dealkylation sites (tertiary alicyclic amines) is 1. The maximum atomic E-state index is 12.3. The van der Waals surface area contributed by atoms with Crippen LogP contribution in [0.25, 0.3) is 0 Å². The van der Waals surface area contributed by atoms with Crippen LogP contribution < -0.4 is 5.73 Å². The number of hydrogen-bond donors (Lipinski definition) is 1. The van der Waals surface area contributed by atoms with Gasteiger partial charge in [-0.3, -0.25) is 4.79 Å². The lowest BCUT2D eigenvalue weighted by Gasteiger charge is -2.28. The second kappa shape index (κ2) is 5.72. The standard InChI is InChI=1S/C14H19ClN2O/c1-10(9-16)14(18)17-8-4-7-13(17)11-5-2-3-6-12(11)15/h2-3,5-6,10,13H,4,7-9,16H2,1H3. The average Bonchev–Trinajstić information content (AvgIpc) is 2.86. The Morgan fingerprint density at radius 3 is 2.94 bits per heavy atom. The van der Waals surface area contributed by atoms with E-state index in [9.17, 15) is 4.79 Å². The third kappa shape index (κ3) is 2.52. The largest absolute Gasteiger partial charge is 0.335 e. The first-order chi connectivity index (χ1) is 8.65. The SMILES string of the molecule is CC(CN)C(=O)N1CCCC1c1ccccc1Cl. The van der Waals surface area contributed by atoms with Gasteiger partial charge in [0, 0.05) is 24.0 Å². The van der Waals surface area contributed by atoms with Crippen molar-refractivity contribution in [2.24, 2.45) is 11.7 Å². The highest BCUT2D eigenvalue weighted by Gasteiger charge is 2.32. The van der Waals surface area contributed by atoms with Crippen LogP contribution in [0.15, 0.2) is 24.3 Å². The molecule has 0 radical (unpaired) electrons. The minimum Gasteiger partial charge on any atom is -0.335 e. The first kappa shape index (κ1) is 13.4. The summed E-state index contributed by atoms with van der Waals surface area (Å²) in [6, 6.07) is 7.88. The molecule has 1 aromatic rings. The summed E-state index contributed by atoms with van der Waals surface area (Å²) in [6.07, 6.45) is 2.01. The van der Waals surface area contributed by atoms with E-state index in [1.54, 1.807) is 0 Å². The molecule has 0 bridgehead atoms. The van der Waals surface area contributed by atoms with Gasteiger partial charge in [-0.05, 0) is 24.5 Å². The van der Waals surface area contributed by atoms with Gasteiger partial charge in [0.1, 0.15) is 0 Å². The molecule has 0 spiro atoms. The highest BCUT2D eigenvalue weighted by Crippen LogP contribution is 2.36. The lowest BCUT2D eigenvalue weighted by atomic mass is 10.0. The van der Waals surface area contributed by atoms with Crippen LogP contribution in [0.2, 0.25) is 5.02 Å². The quantitative estimate of drug-likeness (QED) is 0.914. The molecular formula is C14H19ClN2O. The molecule has 18 heavy (non-hydrogen) atoms. The highest BCUT2D eigenvalue weighted by atomic mass is 35.5. The van der Waals surface area contributed by atoms with Crippen molar-refractivity contribution in [1.29, 1.82) is 0 Å². The first-order valence-corrected chi connectivity index (χ1v) is 6.78. The van der Waals surface area contributed by atoms with Crippen molar-refractivity contribution >= 4 is 17.5 Å². The Morgan fingerprint density at radius 1 is 1.56 bits per heavy atom. The Kier molecular flexibility index (Phi) is 4.25. The summed E-state index contributed by atoms with van der Waals surface area (Å²) in [7, 11) is 0. The number of rotatable bonds is 3. The molecule has 0 aromatic heterocycles. The van der Waals surface area contributed by atoms with Crippen molar-refractivity contribution in [2.75, 3.05) is 13.1 Å². The highest BCUT2D eigenvalue weighted by molar-refractivity contribution is 6.31. The third-order valence-corrected chi connectivity index (χ3v) is 3.92. The van der Waals surface area contributed by atoms with Gasteiger partial charge in [0.25, 0.3) is 0 Å². The summed E-state index contributed by atoms with van der Waals surface area (Å²) >= 11 is 6.23. The van der Waals surface area contributed by atoms with Crippen LogP contribution in [-0.4, -0.2) is 23.9 Å². The molecule has 1 saturated heterocycles. The van der Waals surface area contributed by atoms with Crippen molar-refractivity contribution in [3.63, 3.8) is 0 Å². The minimum atomic E-state index is -0.118. The number of nitrogens with two attached hydrogens (primary N) is 1. The van der Waals surface area contributed by atoms with E-state index in [1.807, 2.05) is 36.1 Å². The van der Waals surface area contributed by atoms with Crippen molar-refractivity contribution in [3.8, 4) is 0 Å². The second-order valence-corrected chi connectivity index (χ2v) is 5.26. The molecule has 1 fully saturated rings. The van der Waals surface area contributed by atoms with E-state index in [-0.39, 0.29) is 17.9 Å². The lowest BCUT2D eigenvalue weighted by molar-refractivity contribution is -0.135. The third-order valence-electron chi connectivity index (χ3n) is 3.58. The lowest BCUT2D eigenvalue weighted by Crippen LogP contribution is -2.37. The Morgan fingerprint density at radius 2 is 2.28 bits per heavy atom. The number of carbonyl (C=O) groups excluding carboxylic acids is 1. The summed E-state index contributed by atoms with van der Waals surface area (Å²) in [5.74, 6) is 0.0213. The molecule has 0 saturated carbocycles. The van der Waals surface area contributed by atoms with E-state index < -0.39 is 0 Å². The fourth-order valence-electron chi connectivity index (χ4n) is 2.48. The van der Waals surface area contributed by atoms with Crippen LogP contribution in [-0.2, 0) is 4.79 Å². The Labute approximate surface area is 113 Å². The number of carbonyl (C=O) groups is 1. The zero-order valence-corrected chi connectivity index (χ0v) is 11.4. The molecule has 1 aliphatic heterocycles. The van der Waals surface area contributed by atoms with E-state index in [4.69, 9.17) is 17.3 Å². The van der Waals surface area contributed by atoms with Crippen molar-refractivity contribution in [2.45, 2.75) is 25.8 Å². The zero-order valence-electron chi connectivity index (χ0n) is 10.6. The van der Waals surface area contributed by atoms with Crippen LogP contribution in [0.4, 0.5) is 0 Å². The van der Waals surface area contributed by atoms with Gasteiger partial charge >= 0.3 is 0 Å². The van der Waals surface area contributed by atoms with Crippen molar-refractivity contribution in [3.05, 3.63) is 34.9 Å². The van der Waals surface area contributed by atoms with Crippen molar-refractivity contribution in [1.82, 2.24) is 4.90 Å². The molecule has 1 aliphatic rings. The van der Waals surface area contributed by atoms with E-state index in [1.165, 1.54) is 0 Å². The number of benzene rings is 1. The summed E-state index contributed by atoms with van der Waals surface area (Å²) in [6.45, 7) is 3.08. The molecule has 1 amide bonds. The van der Waals surface area contributed by atoms with Gasteiger partial charge in [-0.1, -0.05) is 36.7 Å². The molecule has 4 heteroatoms. The Hall–Kier alpha value is -1.06. The number of amides is 1. The normalized spacial score (nSPS) is 21.1. The average molecular weight is 267 g/mol. The fraction of sp³-hybridized carbons (Fsp3) is 0.500. The summed E-state index contributed by atoms with van der Waals surface area (Å²) < 4.78 is 0. The van der Waals surface area contributed by atoms with E-state index in [2.05, 4.69) is 0 Å². The van der Waals surface area contributed by atoms with Crippen LogP contribution >= 0.6 is 11.6 Å². The molecular weight excluding hydrogens is 248 g/mol. The first-order valence-electron chi connectivity index (χ1n) is 6.40. The monoisotopic (exact) mass is 266 g/mol. The Bertz CT molecular complexity index is 436. The van der Waals surface area contributed by atoms with Gasteiger partial charge in [-0.25, -0.2) is 0 Å². The van der Waals surface area contributed by atoms with Crippen LogP contribution in [0.1, 0.15) is 31.4 Å². The van der Waals surface area contributed by atoms with Crippen molar-refractivity contribution < 1.29 is 4.79 Å². The summed E-state index contributed by atoms with van der Waals surface area (Å²) in [4.78, 5) is 14.2. The summed E-state index contributed by atoms with van der Waals surface area (Å²) in [5, 5.41) is 0.739. The van der Waals surface area contributed by atoms with Gasteiger partial charge < -0.3 is 10.6 Å². The van der Waals surface area contributed by atoms with Gasteiger partial charge in [0.15, 0.2) is 0 Å². The molecule has 1 heterocycles. The van der Waals surface area contributed by atoms with E-state index >= 15 is 0 Å². The van der Waals surface area contributed by atoms with E-state index in [0.29, 0.717) is 6.54 Å². The van der Waals surface area contributed by atoms with E-state index in [0.717, 1.165) is 30.0 Å². The summed E-state index contributed by atoms with van der Waals surface area (Å²) in [5.41, 5.74) is 6.63. The molecule has 1 aromatic carbocycles. The predicted octanol–water partition coefficient (Wildman–Crippen LogP) is 2.60. The second-order valence-electron chi connectivity index (χ2n) is 4.85. The van der Waals surface area contributed by atoms with Gasteiger partial charge in [-0.2, -0.15) is 0 Å². The van der Waals surface area contributed by atoms with Gasteiger partial charge in [0.05, 0.1) is 6.04 Å². The topological polar surface area (TPSA) is 46.3 Å². The zero-order chi connectivity index (χ0) is 13.1. The van der Waals surface area contributed by atoms with Gasteiger partial charge in [0.2, 0.25) is 5.91 Å². The van der Waals surface area contributed by atoms with Crippen LogP contribution in [0, 0.1) is 5.92 Å². The molecule has 2 rings (SSSR count).